The fourth-order valence-electron chi connectivity index (χ4n) is 2.50. The molecule has 2 rings (SSSR count). The minimum atomic E-state index is -0.314. The minimum Gasteiger partial charge on any atom is -0.379 e. The van der Waals surface area contributed by atoms with Gasteiger partial charge in [-0.1, -0.05) is 25.8 Å². The summed E-state index contributed by atoms with van der Waals surface area (Å²) < 4.78 is 0. The number of benzene rings is 1. The van der Waals surface area contributed by atoms with Crippen LogP contribution in [-0.2, 0) is 5.75 Å². The molecule has 0 spiro atoms. The Hall–Kier alpha value is -1.23. The normalized spacial score (nSPS) is 15.4. The van der Waals surface area contributed by atoms with Crippen LogP contribution in [0.4, 0.5) is 11.4 Å². The predicted octanol–water partition coefficient (Wildman–Crippen LogP) is 4.59. The second kappa shape index (κ2) is 7.53. The fraction of sp³-hybridized carbons (Fsp3) is 0.600. The predicted molar refractivity (Wildman–Crippen MR) is 85.4 cm³/mol. The molecule has 110 valence electrons. The van der Waals surface area contributed by atoms with E-state index in [1.807, 2.05) is 23.9 Å². The third-order valence-corrected chi connectivity index (χ3v) is 5.05. The van der Waals surface area contributed by atoms with Crippen molar-refractivity contribution < 1.29 is 4.92 Å². The number of nitrogens with zero attached hydrogens (tertiary/aromatic N) is 1. The monoisotopic (exact) mass is 294 g/mol. The lowest BCUT2D eigenvalue weighted by Gasteiger charge is -2.11. The lowest BCUT2D eigenvalue weighted by Crippen LogP contribution is -2.04. The molecule has 1 saturated carbocycles. The van der Waals surface area contributed by atoms with E-state index in [0.717, 1.165) is 24.0 Å². The number of nitrogens with one attached hydrogen (secondary N) is 1. The van der Waals surface area contributed by atoms with E-state index in [1.54, 1.807) is 6.07 Å². The second-order valence-electron chi connectivity index (χ2n) is 5.25. The lowest BCUT2D eigenvalue weighted by atomic mass is 10.2. The Morgan fingerprint density at radius 1 is 1.40 bits per heavy atom. The largest absolute Gasteiger partial charge is 0.379 e. The first-order chi connectivity index (χ1) is 9.70. The molecule has 4 nitrogen and oxygen atoms in total. The Labute approximate surface area is 124 Å². The highest BCUT2D eigenvalue weighted by Crippen LogP contribution is 2.33. The van der Waals surface area contributed by atoms with E-state index in [-0.39, 0.29) is 10.6 Å². The maximum atomic E-state index is 11.0. The number of anilines is 1. The minimum absolute atomic E-state index is 0.174. The summed E-state index contributed by atoms with van der Waals surface area (Å²) in [4.78, 5) is 10.7. The third kappa shape index (κ3) is 4.13. The molecule has 0 heterocycles. The van der Waals surface area contributed by atoms with E-state index >= 15 is 0 Å². The van der Waals surface area contributed by atoms with Gasteiger partial charge in [-0.3, -0.25) is 10.1 Å². The van der Waals surface area contributed by atoms with Crippen LogP contribution in [0.3, 0.4) is 0 Å². The van der Waals surface area contributed by atoms with Gasteiger partial charge in [-0.15, -0.1) is 0 Å². The van der Waals surface area contributed by atoms with Crippen LogP contribution < -0.4 is 5.32 Å². The summed E-state index contributed by atoms with van der Waals surface area (Å²) in [5.74, 6) is 0.948. The molecule has 5 heteroatoms. The smallest absolute Gasteiger partial charge is 0.292 e. The molecule has 20 heavy (non-hydrogen) atoms. The highest BCUT2D eigenvalue weighted by molar-refractivity contribution is 7.99. The van der Waals surface area contributed by atoms with Gasteiger partial charge in [0.1, 0.15) is 5.69 Å². The Balaban J connectivity index is 2.03. The standard InChI is InChI=1S/C15H22N2O2S/c1-2-9-16-14-10-12(7-8-15(14)17(18)19)11-20-13-5-3-4-6-13/h7-8,10,13,16H,2-6,9,11H2,1H3. The van der Waals surface area contributed by atoms with Crippen LogP contribution in [0, 0.1) is 10.1 Å². The number of hydrogen-bond acceptors (Lipinski definition) is 4. The zero-order valence-corrected chi connectivity index (χ0v) is 12.7. The molecule has 0 bridgehead atoms. The van der Waals surface area contributed by atoms with Gasteiger partial charge in [0.15, 0.2) is 0 Å². The van der Waals surface area contributed by atoms with Gasteiger partial charge in [-0.05, 0) is 30.9 Å². The Morgan fingerprint density at radius 2 is 2.15 bits per heavy atom. The van der Waals surface area contributed by atoms with Crippen LogP contribution in [0.1, 0.15) is 44.6 Å². The zero-order valence-electron chi connectivity index (χ0n) is 11.9. The molecule has 0 saturated heterocycles. The van der Waals surface area contributed by atoms with E-state index in [1.165, 1.54) is 31.2 Å². The van der Waals surface area contributed by atoms with Crippen molar-refractivity contribution in [1.82, 2.24) is 0 Å². The topological polar surface area (TPSA) is 55.2 Å². The van der Waals surface area contributed by atoms with Crippen LogP contribution in [0.25, 0.3) is 0 Å². The zero-order chi connectivity index (χ0) is 14.4. The van der Waals surface area contributed by atoms with Gasteiger partial charge in [0.05, 0.1) is 4.92 Å². The average molecular weight is 294 g/mol. The summed E-state index contributed by atoms with van der Waals surface area (Å²) in [5.41, 5.74) is 2.00. The molecule has 1 fully saturated rings. The van der Waals surface area contributed by atoms with Crippen molar-refractivity contribution in [3.63, 3.8) is 0 Å². The van der Waals surface area contributed by atoms with Crippen molar-refractivity contribution in [3.8, 4) is 0 Å². The van der Waals surface area contributed by atoms with Gasteiger partial charge in [0.25, 0.3) is 5.69 Å². The lowest BCUT2D eigenvalue weighted by molar-refractivity contribution is -0.384. The average Bonchev–Trinajstić information content (AvgIpc) is 2.96. The Bertz CT molecular complexity index is 459. The second-order valence-corrected chi connectivity index (χ2v) is 6.54. The molecule has 0 amide bonds. The maximum absolute atomic E-state index is 11.0. The molecule has 1 aromatic rings. The van der Waals surface area contributed by atoms with Crippen molar-refractivity contribution in [1.29, 1.82) is 0 Å². The van der Waals surface area contributed by atoms with Gasteiger partial charge < -0.3 is 5.32 Å². The number of thioether (sulfide) groups is 1. The first kappa shape index (κ1) is 15.2. The van der Waals surface area contributed by atoms with E-state index in [9.17, 15) is 10.1 Å². The summed E-state index contributed by atoms with van der Waals surface area (Å²) in [6.07, 6.45) is 6.29. The van der Waals surface area contributed by atoms with Gasteiger partial charge in [0, 0.05) is 23.6 Å². The molecule has 0 radical (unpaired) electrons. The summed E-state index contributed by atoms with van der Waals surface area (Å²) in [6.45, 7) is 2.82. The number of hydrogen-bond donors (Lipinski definition) is 1. The van der Waals surface area contributed by atoms with Crippen molar-refractivity contribution in [3.05, 3.63) is 33.9 Å². The molecule has 0 aliphatic heterocycles. The molecule has 0 aromatic heterocycles. The van der Waals surface area contributed by atoms with Gasteiger partial charge in [-0.2, -0.15) is 11.8 Å². The Kier molecular flexibility index (Phi) is 5.71. The van der Waals surface area contributed by atoms with Gasteiger partial charge in [-0.25, -0.2) is 0 Å². The van der Waals surface area contributed by atoms with Crippen LogP contribution in [0.2, 0.25) is 0 Å². The van der Waals surface area contributed by atoms with E-state index < -0.39 is 0 Å². The number of rotatable bonds is 7. The summed E-state index contributed by atoms with van der Waals surface area (Å²) in [6, 6.07) is 5.45. The fourth-order valence-corrected chi connectivity index (χ4v) is 3.78. The first-order valence-electron chi connectivity index (χ1n) is 7.33. The van der Waals surface area contributed by atoms with Crippen LogP contribution in [0.15, 0.2) is 18.2 Å². The van der Waals surface area contributed by atoms with Crippen LogP contribution in [0.5, 0.6) is 0 Å². The summed E-state index contributed by atoms with van der Waals surface area (Å²) in [5, 5.41) is 15.0. The quantitative estimate of drug-likeness (QED) is 0.590. The molecular formula is C15H22N2O2S. The SMILES string of the molecule is CCCNc1cc(CSC2CCCC2)ccc1[N+](=O)[O-]. The van der Waals surface area contributed by atoms with E-state index in [2.05, 4.69) is 12.2 Å². The molecule has 0 unspecified atom stereocenters. The third-order valence-electron chi connectivity index (χ3n) is 3.61. The van der Waals surface area contributed by atoms with E-state index in [4.69, 9.17) is 0 Å². The van der Waals surface area contributed by atoms with Crippen molar-refractivity contribution in [2.24, 2.45) is 0 Å². The van der Waals surface area contributed by atoms with Gasteiger partial charge in [0.2, 0.25) is 0 Å². The van der Waals surface area contributed by atoms with Crippen LogP contribution in [-0.4, -0.2) is 16.7 Å². The van der Waals surface area contributed by atoms with Crippen LogP contribution >= 0.6 is 11.8 Å². The van der Waals surface area contributed by atoms with Crippen molar-refractivity contribution >= 4 is 23.1 Å². The maximum Gasteiger partial charge on any atom is 0.292 e. The number of nitro benzene ring substituents is 1. The molecule has 1 aliphatic carbocycles. The van der Waals surface area contributed by atoms with Crippen molar-refractivity contribution in [2.75, 3.05) is 11.9 Å². The summed E-state index contributed by atoms with van der Waals surface area (Å²) >= 11 is 1.99. The molecule has 1 N–H and O–H groups in total. The molecule has 1 aliphatic rings. The Morgan fingerprint density at radius 3 is 2.80 bits per heavy atom. The molecule has 0 atom stereocenters. The molecular weight excluding hydrogens is 272 g/mol. The highest BCUT2D eigenvalue weighted by Gasteiger charge is 2.17. The summed E-state index contributed by atoms with van der Waals surface area (Å²) in [7, 11) is 0. The highest BCUT2D eigenvalue weighted by atomic mass is 32.2. The van der Waals surface area contributed by atoms with Crippen molar-refractivity contribution in [2.45, 2.75) is 50.0 Å². The molecule has 1 aromatic carbocycles. The number of nitro groups is 1. The van der Waals surface area contributed by atoms with E-state index in [0.29, 0.717) is 5.69 Å². The van der Waals surface area contributed by atoms with Gasteiger partial charge >= 0.3 is 0 Å². The first-order valence-corrected chi connectivity index (χ1v) is 8.38.